The predicted molar refractivity (Wildman–Crippen MR) is 126 cm³/mol. The molecule has 0 bridgehead atoms. The van der Waals surface area contributed by atoms with Gasteiger partial charge in [-0.3, -0.25) is 4.98 Å². The van der Waals surface area contributed by atoms with Crippen molar-refractivity contribution in [1.29, 1.82) is 0 Å². The first-order chi connectivity index (χ1) is 17.5. The standard InChI is InChI=1S/C24H18F4N4O4S/c1-3-32(15-6-9-30-10-7-15)11-8-17(31-32)21-22(27)18(36-24(33)29-2)13-20(23(21)28)37(34,35)19-12-14(25)4-5-16(19)26/h4-13H,3H2,1-2H3/p+1. The number of ether oxygens (including phenoxy) is 1. The lowest BCUT2D eigenvalue weighted by Gasteiger charge is -2.23. The Bertz CT molecular complexity index is 1560. The first-order valence-corrected chi connectivity index (χ1v) is 12.2. The smallest absolute Gasteiger partial charge is 0.407 e. The van der Waals surface area contributed by atoms with Crippen molar-refractivity contribution in [2.45, 2.75) is 16.7 Å². The number of sulfone groups is 1. The van der Waals surface area contributed by atoms with E-state index in [2.05, 4.69) is 15.4 Å². The summed E-state index contributed by atoms with van der Waals surface area (Å²) in [6.45, 7) is 2.07. The number of halogens is 4. The molecule has 0 saturated heterocycles. The lowest BCUT2D eigenvalue weighted by Crippen LogP contribution is -2.36. The van der Waals surface area contributed by atoms with Gasteiger partial charge < -0.3 is 10.1 Å². The minimum absolute atomic E-state index is 0.238. The van der Waals surface area contributed by atoms with E-state index in [1.54, 1.807) is 19.1 Å². The summed E-state index contributed by atoms with van der Waals surface area (Å²) in [6.07, 6.45) is 4.62. The second-order valence-electron chi connectivity index (χ2n) is 7.74. The van der Waals surface area contributed by atoms with Gasteiger partial charge >= 0.3 is 6.09 Å². The van der Waals surface area contributed by atoms with Crippen LogP contribution in [0.5, 0.6) is 5.75 Å². The average Bonchev–Trinajstić information content (AvgIpc) is 3.32. The Hall–Kier alpha value is -4.10. The molecule has 1 aromatic heterocycles. The highest BCUT2D eigenvalue weighted by atomic mass is 32.2. The molecular formula is C24H19F4N4O4S+. The molecular weight excluding hydrogens is 516 g/mol. The number of rotatable bonds is 6. The lowest BCUT2D eigenvalue weighted by atomic mass is 10.1. The third kappa shape index (κ3) is 4.58. The molecule has 1 unspecified atom stereocenters. The van der Waals surface area contributed by atoms with E-state index in [1.807, 2.05) is 0 Å². The summed E-state index contributed by atoms with van der Waals surface area (Å²) in [5, 5.41) is 6.48. The van der Waals surface area contributed by atoms with E-state index in [1.165, 1.54) is 24.7 Å². The third-order valence-corrected chi connectivity index (χ3v) is 7.39. The summed E-state index contributed by atoms with van der Waals surface area (Å²) in [7, 11) is -3.94. The van der Waals surface area contributed by atoms with Gasteiger partial charge in [0, 0.05) is 43.7 Å². The van der Waals surface area contributed by atoms with Crippen LogP contribution in [0.3, 0.4) is 0 Å². The van der Waals surface area contributed by atoms with Crippen molar-refractivity contribution in [3.63, 3.8) is 0 Å². The van der Waals surface area contributed by atoms with E-state index in [4.69, 9.17) is 4.74 Å². The van der Waals surface area contributed by atoms with Gasteiger partial charge in [0.2, 0.25) is 9.84 Å². The fourth-order valence-electron chi connectivity index (χ4n) is 3.73. The Morgan fingerprint density at radius 3 is 2.38 bits per heavy atom. The van der Waals surface area contributed by atoms with Crippen LogP contribution in [0.25, 0.3) is 0 Å². The van der Waals surface area contributed by atoms with E-state index in [-0.39, 0.29) is 10.3 Å². The number of aromatic nitrogens is 1. The molecule has 0 radical (unpaired) electrons. The maximum Gasteiger partial charge on any atom is 0.412 e. The predicted octanol–water partition coefficient (Wildman–Crippen LogP) is 4.45. The molecule has 0 aliphatic carbocycles. The van der Waals surface area contributed by atoms with Crippen molar-refractivity contribution in [3.05, 3.63) is 89.9 Å². The van der Waals surface area contributed by atoms with E-state index in [9.17, 15) is 22.0 Å². The highest BCUT2D eigenvalue weighted by Crippen LogP contribution is 2.36. The number of nitrogens with zero attached hydrogens (tertiary/aromatic N) is 3. The van der Waals surface area contributed by atoms with Crippen molar-refractivity contribution in [2.24, 2.45) is 5.10 Å². The van der Waals surface area contributed by atoms with Gasteiger partial charge in [-0.1, -0.05) is 5.10 Å². The van der Waals surface area contributed by atoms with Crippen LogP contribution in [0.4, 0.5) is 28.0 Å². The second-order valence-corrected chi connectivity index (χ2v) is 9.63. The molecule has 1 N–H and O–H groups in total. The number of quaternary nitrogens is 1. The summed E-state index contributed by atoms with van der Waals surface area (Å²) in [5.74, 6) is -6.48. The SMILES string of the molecule is CC[N+]1(c2ccncc2)C=CC(c2c(F)c(OC(=O)NC)cc(S(=O)(=O)c3cc(F)ccc3F)c2F)=N1. The van der Waals surface area contributed by atoms with Gasteiger partial charge in [0.25, 0.3) is 0 Å². The van der Waals surface area contributed by atoms with E-state index in [0.717, 1.165) is 7.05 Å². The van der Waals surface area contributed by atoms with Crippen molar-refractivity contribution < 1.29 is 35.5 Å². The van der Waals surface area contributed by atoms with Crippen LogP contribution < -0.4 is 14.6 Å². The zero-order valence-corrected chi connectivity index (χ0v) is 20.2. The molecule has 2 heterocycles. The molecule has 2 aromatic carbocycles. The molecule has 1 aliphatic heterocycles. The summed E-state index contributed by atoms with van der Waals surface area (Å²) in [5.41, 5.74) is -0.653. The number of benzene rings is 2. The minimum atomic E-state index is -5.10. The maximum atomic E-state index is 15.8. The molecule has 192 valence electrons. The van der Waals surface area contributed by atoms with Gasteiger partial charge in [0.15, 0.2) is 23.1 Å². The molecule has 13 heteroatoms. The van der Waals surface area contributed by atoms with E-state index in [0.29, 0.717) is 36.5 Å². The van der Waals surface area contributed by atoms with Crippen molar-refractivity contribution in [1.82, 2.24) is 14.9 Å². The molecule has 4 rings (SSSR count). The van der Waals surface area contributed by atoms with Gasteiger partial charge in [-0.15, -0.1) is 4.59 Å². The van der Waals surface area contributed by atoms with Gasteiger partial charge in [0.05, 0.1) is 5.56 Å². The van der Waals surface area contributed by atoms with Crippen LogP contribution in [-0.2, 0) is 9.84 Å². The Balaban J connectivity index is 1.98. The van der Waals surface area contributed by atoms with Crippen LogP contribution in [0.15, 0.2) is 76.0 Å². The van der Waals surface area contributed by atoms with Crippen molar-refractivity contribution in [2.75, 3.05) is 13.6 Å². The van der Waals surface area contributed by atoms with Gasteiger partial charge in [0.1, 0.15) is 39.9 Å². The first kappa shape index (κ1) is 26.0. The molecule has 3 aromatic rings. The Labute approximate surface area is 209 Å². The summed E-state index contributed by atoms with van der Waals surface area (Å²) < 4.78 is 90.6. The van der Waals surface area contributed by atoms with Gasteiger partial charge in [-0.25, -0.2) is 30.8 Å². The number of hydrogen-bond acceptors (Lipinski definition) is 6. The molecule has 1 amide bonds. The highest BCUT2D eigenvalue weighted by molar-refractivity contribution is 7.91. The third-order valence-electron chi connectivity index (χ3n) is 5.63. The quantitative estimate of drug-likeness (QED) is 0.286. The number of nitrogens with one attached hydrogen (secondary N) is 1. The van der Waals surface area contributed by atoms with Crippen LogP contribution in [-0.4, -0.2) is 38.8 Å². The Morgan fingerprint density at radius 2 is 1.73 bits per heavy atom. The zero-order chi connectivity index (χ0) is 27.0. The minimum Gasteiger partial charge on any atom is -0.407 e. The molecule has 1 atom stereocenters. The van der Waals surface area contributed by atoms with Crippen molar-refractivity contribution in [3.8, 4) is 5.75 Å². The first-order valence-electron chi connectivity index (χ1n) is 10.7. The molecule has 0 fully saturated rings. The largest absolute Gasteiger partial charge is 0.412 e. The van der Waals surface area contributed by atoms with Gasteiger partial charge in [-0.2, -0.15) is 0 Å². The van der Waals surface area contributed by atoms with Crippen LogP contribution in [0, 0.1) is 23.3 Å². The summed E-state index contributed by atoms with van der Waals surface area (Å²) >= 11 is 0. The topological polar surface area (TPSA) is 97.7 Å². The summed E-state index contributed by atoms with van der Waals surface area (Å²) in [4.78, 5) is 13.3. The molecule has 1 aliphatic rings. The number of carbonyl (C=O) groups is 1. The van der Waals surface area contributed by atoms with Crippen LogP contribution >= 0.6 is 0 Å². The van der Waals surface area contributed by atoms with Crippen molar-refractivity contribution >= 4 is 27.3 Å². The number of carbonyl (C=O) groups excluding carboxylic acids is 1. The zero-order valence-electron chi connectivity index (χ0n) is 19.4. The highest BCUT2D eigenvalue weighted by Gasteiger charge is 2.37. The normalized spacial score (nSPS) is 17.0. The number of allylic oxidation sites excluding steroid dienone is 1. The second kappa shape index (κ2) is 9.75. The van der Waals surface area contributed by atoms with Crippen LogP contribution in [0.2, 0.25) is 0 Å². The fraction of sp³-hybridized carbons (Fsp3) is 0.125. The number of amides is 1. The fourth-order valence-corrected chi connectivity index (χ4v) is 5.16. The summed E-state index contributed by atoms with van der Waals surface area (Å²) in [6, 6.07) is 5.27. The molecule has 8 nitrogen and oxygen atoms in total. The van der Waals surface area contributed by atoms with Gasteiger partial charge in [-0.05, 0) is 25.1 Å². The lowest BCUT2D eigenvalue weighted by molar-refractivity contribution is 0.200. The molecule has 0 spiro atoms. The van der Waals surface area contributed by atoms with Crippen LogP contribution in [0.1, 0.15) is 12.5 Å². The Morgan fingerprint density at radius 1 is 1.03 bits per heavy atom. The molecule has 0 saturated carbocycles. The maximum absolute atomic E-state index is 15.8. The number of pyridine rings is 1. The number of hydrogen-bond donors (Lipinski definition) is 1. The average molecular weight is 535 g/mol. The Kier molecular flexibility index (Phi) is 6.84. The molecule has 37 heavy (non-hydrogen) atoms. The van der Waals surface area contributed by atoms with E-state index >= 15 is 8.78 Å². The monoisotopic (exact) mass is 535 g/mol. The van der Waals surface area contributed by atoms with E-state index < -0.39 is 60.3 Å².